The smallest absolute Gasteiger partial charge is 0.261 e. The van der Waals surface area contributed by atoms with Gasteiger partial charge in [0.05, 0.1) is 11.1 Å². The van der Waals surface area contributed by atoms with Gasteiger partial charge in [0.1, 0.15) is 0 Å². The van der Waals surface area contributed by atoms with Gasteiger partial charge in [0.2, 0.25) is 5.91 Å². The molecular formula is C25H22N2O3S. The Morgan fingerprint density at radius 3 is 2.06 bits per heavy atom. The minimum absolute atomic E-state index is 0.0462. The number of nitrogens with zero attached hydrogens (tertiary/aromatic N) is 1. The average Bonchev–Trinajstić information content (AvgIpc) is 3.01. The minimum Gasteiger partial charge on any atom is -0.326 e. The summed E-state index contributed by atoms with van der Waals surface area (Å²) in [6, 6.07) is 20.7. The number of amides is 3. The van der Waals surface area contributed by atoms with Crippen molar-refractivity contribution in [3.63, 3.8) is 0 Å². The molecule has 3 aromatic rings. The molecule has 0 radical (unpaired) electrons. The van der Waals surface area contributed by atoms with Crippen LogP contribution in [0.4, 0.5) is 5.69 Å². The van der Waals surface area contributed by atoms with Gasteiger partial charge in [-0.1, -0.05) is 30.0 Å². The molecule has 3 aromatic carbocycles. The molecule has 6 heteroatoms. The number of imide groups is 1. The fraction of sp³-hybridized carbons (Fsp3) is 0.160. The number of carbonyl (C=O) groups excluding carboxylic acids is 3. The molecule has 0 aliphatic carbocycles. The molecule has 1 aliphatic heterocycles. The molecule has 0 unspecified atom stereocenters. The maximum absolute atomic E-state index is 12.4. The lowest BCUT2D eigenvalue weighted by molar-refractivity contribution is -0.116. The Kier molecular flexibility index (Phi) is 5.91. The molecule has 3 amide bonds. The Morgan fingerprint density at radius 1 is 0.839 bits per heavy atom. The van der Waals surface area contributed by atoms with Crippen LogP contribution in [0.1, 0.15) is 38.3 Å². The van der Waals surface area contributed by atoms with Crippen molar-refractivity contribution in [3.8, 4) is 0 Å². The van der Waals surface area contributed by atoms with Crippen molar-refractivity contribution in [3.05, 3.63) is 89.0 Å². The van der Waals surface area contributed by atoms with E-state index in [1.165, 1.54) is 16.0 Å². The summed E-state index contributed by atoms with van der Waals surface area (Å²) in [5, 5.41) is 2.83. The predicted octanol–water partition coefficient (Wildman–Crippen LogP) is 5.08. The fourth-order valence-corrected chi connectivity index (χ4v) is 4.31. The topological polar surface area (TPSA) is 66.5 Å². The zero-order valence-corrected chi connectivity index (χ0v) is 18.2. The molecule has 4 rings (SSSR count). The van der Waals surface area contributed by atoms with Crippen LogP contribution in [-0.2, 0) is 4.79 Å². The van der Waals surface area contributed by atoms with Crippen LogP contribution in [0.3, 0.4) is 0 Å². The van der Waals surface area contributed by atoms with Gasteiger partial charge in [-0.05, 0) is 73.5 Å². The maximum atomic E-state index is 12.4. The number of aryl methyl sites for hydroxylation is 2. The van der Waals surface area contributed by atoms with Crippen LogP contribution in [0.25, 0.3) is 0 Å². The van der Waals surface area contributed by atoms with Gasteiger partial charge in [-0.15, -0.1) is 0 Å². The fourth-order valence-electron chi connectivity index (χ4n) is 3.40. The van der Waals surface area contributed by atoms with Gasteiger partial charge in [-0.2, -0.15) is 0 Å². The van der Waals surface area contributed by atoms with Gasteiger partial charge in [0.25, 0.3) is 11.8 Å². The van der Waals surface area contributed by atoms with Crippen molar-refractivity contribution >= 4 is 35.2 Å². The summed E-state index contributed by atoms with van der Waals surface area (Å²) in [6.07, 6.45) is 0.0462. The summed E-state index contributed by atoms with van der Waals surface area (Å²) in [5.74, 6) is -0.937. The van der Waals surface area contributed by atoms with Crippen LogP contribution in [-0.4, -0.2) is 29.2 Å². The van der Waals surface area contributed by atoms with E-state index in [2.05, 4.69) is 37.4 Å². The van der Waals surface area contributed by atoms with Crippen molar-refractivity contribution in [2.45, 2.75) is 30.1 Å². The minimum atomic E-state index is -0.346. The molecule has 5 nitrogen and oxygen atoms in total. The van der Waals surface area contributed by atoms with E-state index < -0.39 is 0 Å². The van der Waals surface area contributed by atoms with Crippen LogP contribution < -0.4 is 5.32 Å². The highest BCUT2D eigenvalue weighted by molar-refractivity contribution is 7.99. The zero-order chi connectivity index (χ0) is 22.0. The number of hydrogen-bond acceptors (Lipinski definition) is 4. The molecule has 156 valence electrons. The molecule has 0 aromatic heterocycles. The number of rotatable bonds is 6. The molecule has 1 heterocycles. The maximum Gasteiger partial charge on any atom is 0.261 e. The predicted molar refractivity (Wildman–Crippen MR) is 122 cm³/mol. The van der Waals surface area contributed by atoms with Crippen LogP contribution in [0.15, 0.2) is 76.5 Å². The number of hydrogen-bond donors (Lipinski definition) is 1. The lowest BCUT2D eigenvalue weighted by atomic mass is 10.1. The lowest BCUT2D eigenvalue weighted by Crippen LogP contribution is -2.32. The Morgan fingerprint density at radius 2 is 1.45 bits per heavy atom. The van der Waals surface area contributed by atoms with Crippen molar-refractivity contribution in [2.24, 2.45) is 0 Å². The number of benzene rings is 3. The first-order valence-corrected chi connectivity index (χ1v) is 10.8. The third-order valence-corrected chi connectivity index (χ3v) is 6.29. The highest BCUT2D eigenvalue weighted by Crippen LogP contribution is 2.30. The van der Waals surface area contributed by atoms with Gasteiger partial charge in [0, 0.05) is 28.4 Å². The summed E-state index contributed by atoms with van der Waals surface area (Å²) in [6.45, 7) is 4.24. The molecule has 0 bridgehead atoms. The van der Waals surface area contributed by atoms with Crippen LogP contribution in [0, 0.1) is 13.8 Å². The average molecular weight is 431 g/mol. The van der Waals surface area contributed by atoms with Crippen LogP contribution >= 0.6 is 11.8 Å². The summed E-state index contributed by atoms with van der Waals surface area (Å²) in [4.78, 5) is 40.5. The van der Waals surface area contributed by atoms with Crippen LogP contribution in [0.5, 0.6) is 0 Å². The van der Waals surface area contributed by atoms with Gasteiger partial charge < -0.3 is 5.32 Å². The van der Waals surface area contributed by atoms with E-state index in [1.54, 1.807) is 36.0 Å². The molecule has 0 fully saturated rings. The molecule has 0 spiro atoms. The van der Waals surface area contributed by atoms with E-state index in [1.807, 2.05) is 24.3 Å². The summed E-state index contributed by atoms with van der Waals surface area (Å²) in [5.41, 5.74) is 3.99. The lowest BCUT2D eigenvalue weighted by Gasteiger charge is -2.13. The Hall–Kier alpha value is -3.38. The first-order valence-electron chi connectivity index (χ1n) is 10.0. The van der Waals surface area contributed by atoms with Crippen molar-refractivity contribution in [1.82, 2.24) is 4.90 Å². The Balaban J connectivity index is 1.31. The monoisotopic (exact) mass is 430 g/mol. The van der Waals surface area contributed by atoms with Crippen molar-refractivity contribution in [2.75, 3.05) is 11.9 Å². The van der Waals surface area contributed by atoms with Gasteiger partial charge in [-0.3, -0.25) is 19.3 Å². The molecule has 0 saturated heterocycles. The summed E-state index contributed by atoms with van der Waals surface area (Å²) >= 11 is 1.67. The Labute approximate surface area is 185 Å². The van der Waals surface area contributed by atoms with Crippen molar-refractivity contribution in [1.29, 1.82) is 0 Å². The standard InChI is InChI=1S/C25H22N2O3S/c1-16-7-10-20(15-17(16)2)31-19-11-8-18(9-12-19)26-23(28)13-14-27-24(29)21-5-3-4-6-22(21)25(27)30/h3-12,15H,13-14H2,1-2H3,(H,26,28). The number of carbonyl (C=O) groups is 3. The second-order valence-electron chi connectivity index (χ2n) is 7.48. The molecule has 0 atom stereocenters. The largest absolute Gasteiger partial charge is 0.326 e. The number of fused-ring (bicyclic) bond motifs is 1. The van der Waals surface area contributed by atoms with Gasteiger partial charge in [0.15, 0.2) is 0 Å². The van der Waals surface area contributed by atoms with E-state index in [0.717, 1.165) is 9.80 Å². The molecule has 31 heavy (non-hydrogen) atoms. The second kappa shape index (κ2) is 8.78. The molecule has 1 aliphatic rings. The van der Waals surface area contributed by atoms with E-state index in [-0.39, 0.29) is 30.7 Å². The van der Waals surface area contributed by atoms with E-state index in [0.29, 0.717) is 16.8 Å². The van der Waals surface area contributed by atoms with Gasteiger partial charge >= 0.3 is 0 Å². The molecule has 1 N–H and O–H groups in total. The number of nitrogens with one attached hydrogen (secondary N) is 1. The highest BCUT2D eigenvalue weighted by atomic mass is 32.2. The third-order valence-electron chi connectivity index (χ3n) is 5.29. The SMILES string of the molecule is Cc1ccc(Sc2ccc(NC(=O)CCN3C(=O)c4ccccc4C3=O)cc2)cc1C. The van der Waals surface area contributed by atoms with E-state index in [9.17, 15) is 14.4 Å². The van der Waals surface area contributed by atoms with Gasteiger partial charge in [-0.25, -0.2) is 0 Å². The molecular weight excluding hydrogens is 408 g/mol. The van der Waals surface area contributed by atoms with E-state index in [4.69, 9.17) is 0 Å². The molecule has 0 saturated carbocycles. The summed E-state index contributed by atoms with van der Waals surface area (Å²) < 4.78 is 0. The van der Waals surface area contributed by atoms with Crippen molar-refractivity contribution < 1.29 is 14.4 Å². The first kappa shape index (κ1) is 20.9. The van der Waals surface area contributed by atoms with Crippen LogP contribution in [0.2, 0.25) is 0 Å². The first-order chi connectivity index (χ1) is 14.9. The zero-order valence-electron chi connectivity index (χ0n) is 17.3. The highest BCUT2D eigenvalue weighted by Gasteiger charge is 2.34. The third kappa shape index (κ3) is 4.54. The second-order valence-corrected chi connectivity index (χ2v) is 8.63. The van der Waals surface area contributed by atoms with E-state index >= 15 is 0 Å². The Bertz CT molecular complexity index is 1140. The quantitative estimate of drug-likeness (QED) is 0.554. The normalized spacial score (nSPS) is 12.8. The number of anilines is 1. The summed E-state index contributed by atoms with van der Waals surface area (Å²) in [7, 11) is 0.